The number of nitrogens with one attached hydrogen (secondary N) is 2. The standard InChI is InChI=1S/C13H15N3O3/c1-7(14)2-5-11(17)15-8-3-4-9-10(6-8)13(19)16-12(9)18/h3-4,6-7H,2,5,14H2,1H3,(H,15,17)(H,16,18,19). The van der Waals surface area contributed by atoms with E-state index < -0.39 is 11.8 Å². The third-order valence-electron chi connectivity index (χ3n) is 2.85. The van der Waals surface area contributed by atoms with Crippen LogP contribution in [0.2, 0.25) is 0 Å². The maximum absolute atomic E-state index is 11.6. The van der Waals surface area contributed by atoms with Crippen molar-refractivity contribution in [1.29, 1.82) is 0 Å². The van der Waals surface area contributed by atoms with Gasteiger partial charge in [0.15, 0.2) is 0 Å². The van der Waals surface area contributed by atoms with E-state index in [1.54, 1.807) is 6.07 Å². The fourth-order valence-electron chi connectivity index (χ4n) is 1.83. The Hall–Kier alpha value is -2.21. The lowest BCUT2D eigenvalue weighted by Gasteiger charge is -2.07. The first-order chi connectivity index (χ1) is 8.97. The van der Waals surface area contributed by atoms with E-state index in [0.717, 1.165) is 0 Å². The van der Waals surface area contributed by atoms with Gasteiger partial charge < -0.3 is 11.1 Å². The molecule has 1 aromatic rings. The number of carbonyl (C=O) groups is 3. The molecule has 1 unspecified atom stereocenters. The van der Waals surface area contributed by atoms with Gasteiger partial charge in [-0.2, -0.15) is 0 Å². The summed E-state index contributed by atoms with van der Waals surface area (Å²) in [6.07, 6.45) is 0.912. The molecule has 0 spiro atoms. The van der Waals surface area contributed by atoms with E-state index in [0.29, 0.717) is 24.1 Å². The quantitative estimate of drug-likeness (QED) is 0.692. The van der Waals surface area contributed by atoms with E-state index in [-0.39, 0.29) is 17.5 Å². The van der Waals surface area contributed by atoms with Crippen molar-refractivity contribution in [2.45, 2.75) is 25.8 Å². The molecular formula is C13H15N3O3. The number of amides is 3. The molecule has 0 saturated carbocycles. The highest BCUT2D eigenvalue weighted by atomic mass is 16.2. The second kappa shape index (κ2) is 5.19. The van der Waals surface area contributed by atoms with Gasteiger partial charge in [-0.05, 0) is 31.5 Å². The molecule has 2 rings (SSSR count). The highest BCUT2D eigenvalue weighted by Crippen LogP contribution is 2.20. The topological polar surface area (TPSA) is 101 Å². The van der Waals surface area contributed by atoms with Crippen LogP contribution in [0.5, 0.6) is 0 Å². The zero-order valence-corrected chi connectivity index (χ0v) is 10.5. The van der Waals surface area contributed by atoms with Crippen LogP contribution < -0.4 is 16.4 Å². The van der Waals surface area contributed by atoms with Gasteiger partial charge in [0.25, 0.3) is 11.8 Å². The molecule has 1 atom stereocenters. The van der Waals surface area contributed by atoms with Gasteiger partial charge in [0.1, 0.15) is 0 Å². The number of benzene rings is 1. The Balaban J connectivity index is 2.07. The second-order valence-electron chi connectivity index (χ2n) is 4.61. The van der Waals surface area contributed by atoms with Crippen LogP contribution in [0.3, 0.4) is 0 Å². The first-order valence-electron chi connectivity index (χ1n) is 6.02. The number of nitrogens with two attached hydrogens (primary N) is 1. The summed E-state index contributed by atoms with van der Waals surface area (Å²) in [5.41, 5.74) is 6.69. The molecule has 6 nitrogen and oxygen atoms in total. The van der Waals surface area contributed by atoms with E-state index in [2.05, 4.69) is 10.6 Å². The monoisotopic (exact) mass is 261 g/mol. The average Bonchev–Trinajstić information content (AvgIpc) is 2.62. The maximum atomic E-state index is 11.6. The Morgan fingerprint density at radius 2 is 2.00 bits per heavy atom. The first-order valence-corrected chi connectivity index (χ1v) is 6.02. The minimum atomic E-state index is -0.438. The summed E-state index contributed by atoms with van der Waals surface area (Å²) in [5.74, 6) is -1.01. The molecule has 0 bridgehead atoms. The molecule has 0 fully saturated rings. The Labute approximate surface area is 110 Å². The minimum Gasteiger partial charge on any atom is -0.328 e. The van der Waals surface area contributed by atoms with Crippen LogP contribution in [-0.2, 0) is 4.79 Å². The van der Waals surface area contributed by atoms with Crippen LogP contribution >= 0.6 is 0 Å². The van der Waals surface area contributed by atoms with Crippen LogP contribution in [0, 0.1) is 0 Å². The van der Waals surface area contributed by atoms with Crippen LogP contribution in [0.1, 0.15) is 40.5 Å². The molecule has 1 aliphatic rings. The number of hydrogen-bond acceptors (Lipinski definition) is 4. The molecule has 1 aliphatic heterocycles. The van der Waals surface area contributed by atoms with Gasteiger partial charge in [-0.1, -0.05) is 0 Å². The van der Waals surface area contributed by atoms with Crippen molar-refractivity contribution in [3.8, 4) is 0 Å². The zero-order chi connectivity index (χ0) is 14.0. The molecule has 19 heavy (non-hydrogen) atoms. The fraction of sp³-hybridized carbons (Fsp3) is 0.308. The van der Waals surface area contributed by atoms with Crippen molar-refractivity contribution in [2.24, 2.45) is 5.73 Å². The predicted molar refractivity (Wildman–Crippen MR) is 69.8 cm³/mol. The maximum Gasteiger partial charge on any atom is 0.259 e. The third kappa shape index (κ3) is 2.97. The number of carbonyl (C=O) groups excluding carboxylic acids is 3. The Bertz CT molecular complexity index is 552. The summed E-state index contributed by atoms with van der Waals surface area (Å²) in [4.78, 5) is 34.5. The van der Waals surface area contributed by atoms with E-state index in [4.69, 9.17) is 5.73 Å². The van der Waals surface area contributed by atoms with Crippen LogP contribution in [0.15, 0.2) is 18.2 Å². The number of anilines is 1. The smallest absolute Gasteiger partial charge is 0.259 e. The normalized spacial score (nSPS) is 14.8. The summed E-state index contributed by atoms with van der Waals surface area (Å²) < 4.78 is 0. The molecule has 0 radical (unpaired) electrons. The molecule has 4 N–H and O–H groups in total. The molecule has 3 amide bonds. The van der Waals surface area contributed by atoms with Gasteiger partial charge >= 0.3 is 0 Å². The lowest BCUT2D eigenvalue weighted by molar-refractivity contribution is -0.116. The van der Waals surface area contributed by atoms with Gasteiger partial charge in [0.05, 0.1) is 11.1 Å². The van der Waals surface area contributed by atoms with Gasteiger partial charge in [-0.3, -0.25) is 19.7 Å². The van der Waals surface area contributed by atoms with Crippen LogP contribution in [-0.4, -0.2) is 23.8 Å². The summed E-state index contributed by atoms with van der Waals surface area (Å²) >= 11 is 0. The largest absolute Gasteiger partial charge is 0.328 e. The lowest BCUT2D eigenvalue weighted by Crippen LogP contribution is -2.20. The van der Waals surface area contributed by atoms with Crippen LogP contribution in [0.4, 0.5) is 5.69 Å². The van der Waals surface area contributed by atoms with Crippen molar-refractivity contribution in [2.75, 3.05) is 5.32 Å². The number of rotatable bonds is 4. The SMILES string of the molecule is CC(N)CCC(=O)Nc1ccc2c(c1)C(=O)NC2=O. The molecule has 100 valence electrons. The number of hydrogen-bond donors (Lipinski definition) is 3. The van der Waals surface area contributed by atoms with Gasteiger partial charge in [-0.25, -0.2) is 0 Å². The fourth-order valence-corrected chi connectivity index (χ4v) is 1.83. The molecule has 0 aliphatic carbocycles. The van der Waals surface area contributed by atoms with Crippen molar-refractivity contribution < 1.29 is 14.4 Å². The number of imide groups is 1. The summed E-state index contributed by atoms with van der Waals surface area (Å²) in [7, 11) is 0. The van der Waals surface area contributed by atoms with Crippen molar-refractivity contribution in [3.63, 3.8) is 0 Å². The highest BCUT2D eigenvalue weighted by molar-refractivity contribution is 6.22. The van der Waals surface area contributed by atoms with Crippen molar-refractivity contribution in [3.05, 3.63) is 29.3 Å². The van der Waals surface area contributed by atoms with E-state index in [1.807, 2.05) is 6.92 Å². The molecule has 6 heteroatoms. The second-order valence-corrected chi connectivity index (χ2v) is 4.61. The van der Waals surface area contributed by atoms with E-state index in [1.165, 1.54) is 12.1 Å². The summed E-state index contributed by atoms with van der Waals surface area (Å²) in [6, 6.07) is 4.59. The molecular weight excluding hydrogens is 246 g/mol. The summed E-state index contributed by atoms with van der Waals surface area (Å²) in [5, 5.41) is 4.87. The average molecular weight is 261 g/mol. The molecule has 0 aromatic heterocycles. The Kier molecular flexibility index (Phi) is 3.62. The summed E-state index contributed by atoms with van der Waals surface area (Å²) in [6.45, 7) is 1.83. The van der Waals surface area contributed by atoms with Crippen molar-refractivity contribution in [1.82, 2.24) is 5.32 Å². The third-order valence-corrected chi connectivity index (χ3v) is 2.85. The van der Waals surface area contributed by atoms with Gasteiger partial charge in [0, 0.05) is 18.2 Å². The highest BCUT2D eigenvalue weighted by Gasteiger charge is 2.26. The van der Waals surface area contributed by atoms with Gasteiger partial charge in [-0.15, -0.1) is 0 Å². The zero-order valence-electron chi connectivity index (χ0n) is 10.5. The lowest BCUT2D eigenvalue weighted by atomic mass is 10.1. The predicted octanol–water partition coefficient (Wildman–Crippen LogP) is 0.636. The Morgan fingerprint density at radius 3 is 2.68 bits per heavy atom. The van der Waals surface area contributed by atoms with E-state index >= 15 is 0 Å². The first kappa shape index (κ1) is 13.2. The molecule has 1 aromatic carbocycles. The minimum absolute atomic E-state index is 0.0332. The van der Waals surface area contributed by atoms with Crippen molar-refractivity contribution >= 4 is 23.4 Å². The van der Waals surface area contributed by atoms with E-state index in [9.17, 15) is 14.4 Å². The van der Waals surface area contributed by atoms with Crippen LogP contribution in [0.25, 0.3) is 0 Å². The van der Waals surface area contributed by atoms with Gasteiger partial charge in [0.2, 0.25) is 5.91 Å². The Morgan fingerprint density at radius 1 is 1.32 bits per heavy atom. The molecule has 1 heterocycles. The number of fused-ring (bicyclic) bond motifs is 1. The molecule has 0 saturated heterocycles.